The number of nitrogens with one attached hydrogen (secondary N) is 2. The molecular formula is C14H17N3O3. The van der Waals surface area contributed by atoms with Crippen molar-refractivity contribution in [3.8, 4) is 0 Å². The maximum atomic E-state index is 11.8. The average molecular weight is 275 g/mol. The highest BCUT2D eigenvalue weighted by Crippen LogP contribution is 2.09. The minimum atomic E-state index is -0.373. The van der Waals surface area contributed by atoms with Gasteiger partial charge in [0.15, 0.2) is 0 Å². The van der Waals surface area contributed by atoms with Gasteiger partial charge in [0.2, 0.25) is 5.91 Å². The third kappa shape index (κ3) is 5.43. The molecule has 0 aromatic heterocycles. The summed E-state index contributed by atoms with van der Waals surface area (Å²) in [5.41, 5.74) is 3.95. The summed E-state index contributed by atoms with van der Waals surface area (Å²) < 4.78 is 0. The molecule has 0 unspecified atom stereocenters. The molecule has 0 aliphatic rings. The number of hydrazone groups is 1. The van der Waals surface area contributed by atoms with Crippen molar-refractivity contribution < 1.29 is 14.4 Å². The van der Waals surface area contributed by atoms with Gasteiger partial charge in [-0.05, 0) is 38.1 Å². The lowest BCUT2D eigenvalue weighted by Gasteiger charge is -2.04. The summed E-state index contributed by atoms with van der Waals surface area (Å²) in [7, 11) is 0. The Bertz CT molecular complexity index is 547. The number of amides is 2. The Labute approximate surface area is 117 Å². The largest absolute Gasteiger partial charge is 0.326 e. The van der Waals surface area contributed by atoms with E-state index < -0.39 is 0 Å². The minimum absolute atomic E-state index is 0.0137. The smallest absolute Gasteiger partial charge is 0.271 e. The Morgan fingerprint density at radius 1 is 1.05 bits per heavy atom. The fraction of sp³-hybridized carbons (Fsp3) is 0.286. The van der Waals surface area contributed by atoms with Crippen molar-refractivity contribution in [2.45, 2.75) is 27.2 Å². The molecule has 1 aromatic carbocycles. The van der Waals surface area contributed by atoms with Crippen LogP contribution in [0.25, 0.3) is 0 Å². The van der Waals surface area contributed by atoms with E-state index in [1.165, 1.54) is 13.8 Å². The summed E-state index contributed by atoms with van der Waals surface area (Å²) in [5, 5.41) is 6.45. The zero-order valence-electron chi connectivity index (χ0n) is 11.7. The topological polar surface area (TPSA) is 87.6 Å². The fourth-order valence-electron chi connectivity index (χ4n) is 1.52. The van der Waals surface area contributed by atoms with Gasteiger partial charge in [-0.1, -0.05) is 0 Å². The monoisotopic (exact) mass is 275 g/mol. The van der Waals surface area contributed by atoms with E-state index in [1.807, 2.05) is 0 Å². The molecule has 2 N–H and O–H groups in total. The first-order valence-electron chi connectivity index (χ1n) is 6.09. The van der Waals surface area contributed by atoms with Crippen LogP contribution in [-0.4, -0.2) is 23.3 Å². The first kappa shape index (κ1) is 15.6. The summed E-state index contributed by atoms with van der Waals surface area (Å²) in [6, 6.07) is 6.41. The van der Waals surface area contributed by atoms with E-state index in [0.717, 1.165) is 0 Å². The second-order valence-electron chi connectivity index (χ2n) is 4.43. The Balaban J connectivity index is 2.64. The predicted molar refractivity (Wildman–Crippen MR) is 76.6 cm³/mol. The van der Waals surface area contributed by atoms with Crippen molar-refractivity contribution in [1.82, 2.24) is 5.43 Å². The number of carbonyl (C=O) groups is 3. The van der Waals surface area contributed by atoms with Gasteiger partial charge in [-0.25, -0.2) is 5.43 Å². The van der Waals surface area contributed by atoms with E-state index >= 15 is 0 Å². The van der Waals surface area contributed by atoms with Gasteiger partial charge in [0.1, 0.15) is 5.78 Å². The lowest BCUT2D eigenvalue weighted by Crippen LogP contribution is -2.19. The van der Waals surface area contributed by atoms with Gasteiger partial charge in [0, 0.05) is 30.3 Å². The van der Waals surface area contributed by atoms with Crippen LogP contribution in [0.5, 0.6) is 0 Å². The number of nitrogens with zero attached hydrogens (tertiary/aromatic N) is 1. The molecule has 0 radical (unpaired) electrons. The van der Waals surface area contributed by atoms with E-state index in [2.05, 4.69) is 15.8 Å². The van der Waals surface area contributed by atoms with Crippen molar-refractivity contribution in [3.05, 3.63) is 29.8 Å². The van der Waals surface area contributed by atoms with Gasteiger partial charge in [0.25, 0.3) is 5.91 Å². The summed E-state index contributed by atoms with van der Waals surface area (Å²) in [4.78, 5) is 33.5. The number of Topliss-reactive ketones (excluding diaryl/α,β-unsaturated/α-hetero) is 1. The Hall–Kier alpha value is -2.50. The second-order valence-corrected chi connectivity index (χ2v) is 4.43. The maximum Gasteiger partial charge on any atom is 0.271 e. The van der Waals surface area contributed by atoms with Crippen molar-refractivity contribution in [2.24, 2.45) is 5.10 Å². The SMILES string of the molecule is CC(=O)C/C(C)=N\NC(=O)c1ccc(NC(C)=O)cc1. The van der Waals surface area contributed by atoms with Gasteiger partial charge in [-0.2, -0.15) is 5.10 Å². The average Bonchev–Trinajstić information content (AvgIpc) is 2.35. The van der Waals surface area contributed by atoms with E-state index in [4.69, 9.17) is 0 Å². The highest BCUT2D eigenvalue weighted by molar-refractivity contribution is 6.01. The summed E-state index contributed by atoms with van der Waals surface area (Å²) in [5.74, 6) is -0.561. The zero-order valence-corrected chi connectivity index (χ0v) is 11.7. The zero-order chi connectivity index (χ0) is 15.1. The second kappa shape index (κ2) is 7.18. The fourth-order valence-corrected chi connectivity index (χ4v) is 1.52. The molecule has 0 atom stereocenters. The molecule has 0 aliphatic carbocycles. The first-order chi connectivity index (χ1) is 9.38. The van der Waals surface area contributed by atoms with Crippen LogP contribution in [0.1, 0.15) is 37.6 Å². The number of ketones is 1. The van der Waals surface area contributed by atoms with Crippen LogP contribution in [0.2, 0.25) is 0 Å². The summed E-state index contributed by atoms with van der Waals surface area (Å²) >= 11 is 0. The highest BCUT2D eigenvalue weighted by atomic mass is 16.2. The number of rotatable bonds is 5. The molecule has 20 heavy (non-hydrogen) atoms. The summed E-state index contributed by atoms with van der Waals surface area (Å²) in [6.07, 6.45) is 0.210. The highest BCUT2D eigenvalue weighted by Gasteiger charge is 2.05. The standard InChI is InChI=1S/C14H17N3O3/c1-9(8-10(2)18)16-17-14(20)12-4-6-13(7-5-12)15-11(3)19/h4-7H,8H2,1-3H3,(H,15,19)(H,17,20)/b16-9-. The molecule has 0 spiro atoms. The molecular weight excluding hydrogens is 258 g/mol. The van der Waals surface area contributed by atoms with Crippen LogP contribution >= 0.6 is 0 Å². The molecule has 6 heteroatoms. The van der Waals surface area contributed by atoms with Crippen LogP contribution in [-0.2, 0) is 9.59 Å². The number of hydrogen-bond acceptors (Lipinski definition) is 4. The van der Waals surface area contributed by atoms with E-state index in [1.54, 1.807) is 31.2 Å². The minimum Gasteiger partial charge on any atom is -0.326 e. The van der Waals surface area contributed by atoms with Crippen LogP contribution in [0.3, 0.4) is 0 Å². The molecule has 0 fully saturated rings. The Kier molecular flexibility index (Phi) is 5.58. The normalized spacial score (nSPS) is 10.8. The first-order valence-corrected chi connectivity index (χ1v) is 6.09. The summed E-state index contributed by atoms with van der Waals surface area (Å²) in [6.45, 7) is 4.54. The molecule has 0 heterocycles. The molecule has 0 bridgehead atoms. The predicted octanol–water partition coefficient (Wildman–Crippen LogP) is 1.73. The van der Waals surface area contributed by atoms with Gasteiger partial charge >= 0.3 is 0 Å². The maximum absolute atomic E-state index is 11.8. The quantitative estimate of drug-likeness (QED) is 0.633. The Morgan fingerprint density at radius 3 is 2.15 bits per heavy atom. The number of anilines is 1. The van der Waals surface area contributed by atoms with Gasteiger partial charge < -0.3 is 5.32 Å². The van der Waals surface area contributed by atoms with E-state index in [9.17, 15) is 14.4 Å². The molecule has 0 aliphatic heterocycles. The third-order valence-electron chi connectivity index (χ3n) is 2.32. The molecule has 6 nitrogen and oxygen atoms in total. The lowest BCUT2D eigenvalue weighted by molar-refractivity contribution is -0.116. The molecule has 0 saturated carbocycles. The van der Waals surface area contributed by atoms with E-state index in [-0.39, 0.29) is 24.0 Å². The van der Waals surface area contributed by atoms with Crippen molar-refractivity contribution in [2.75, 3.05) is 5.32 Å². The number of hydrogen-bond donors (Lipinski definition) is 2. The van der Waals surface area contributed by atoms with Crippen LogP contribution < -0.4 is 10.7 Å². The lowest BCUT2D eigenvalue weighted by atomic mass is 10.2. The third-order valence-corrected chi connectivity index (χ3v) is 2.32. The van der Waals surface area contributed by atoms with Crippen LogP contribution in [0, 0.1) is 0 Å². The van der Waals surface area contributed by atoms with Gasteiger partial charge in [-0.3, -0.25) is 14.4 Å². The van der Waals surface area contributed by atoms with Crippen LogP contribution in [0.15, 0.2) is 29.4 Å². The van der Waals surface area contributed by atoms with Crippen LogP contribution in [0.4, 0.5) is 5.69 Å². The van der Waals surface area contributed by atoms with Crippen molar-refractivity contribution >= 4 is 29.0 Å². The molecule has 0 saturated heterocycles. The molecule has 1 aromatic rings. The molecule has 2 amide bonds. The van der Waals surface area contributed by atoms with Gasteiger partial charge in [-0.15, -0.1) is 0 Å². The van der Waals surface area contributed by atoms with Crippen molar-refractivity contribution in [3.63, 3.8) is 0 Å². The van der Waals surface area contributed by atoms with Crippen molar-refractivity contribution in [1.29, 1.82) is 0 Å². The molecule has 106 valence electrons. The number of carbonyl (C=O) groups excluding carboxylic acids is 3. The molecule has 1 rings (SSSR count). The number of benzene rings is 1. The van der Waals surface area contributed by atoms with Gasteiger partial charge in [0.05, 0.1) is 0 Å². The van der Waals surface area contributed by atoms with E-state index in [0.29, 0.717) is 17.0 Å². The Morgan fingerprint density at radius 2 is 1.65 bits per heavy atom.